The van der Waals surface area contributed by atoms with E-state index in [0.717, 1.165) is 13.1 Å². The topological polar surface area (TPSA) is 40.6 Å². The number of piperazine rings is 1. The van der Waals surface area contributed by atoms with Crippen LogP contribution in [0.4, 0.5) is 0 Å². The molecule has 0 atom stereocenters. The Balaban J connectivity index is 1.86. The van der Waals surface area contributed by atoms with Gasteiger partial charge in [-0.3, -0.25) is 4.90 Å². The molecule has 2 aliphatic rings. The lowest BCUT2D eigenvalue weighted by molar-refractivity contribution is 0.140. The third-order valence-electron chi connectivity index (χ3n) is 3.42. The molecule has 4 nitrogen and oxygen atoms in total. The van der Waals surface area contributed by atoms with Crippen LogP contribution in [0.15, 0.2) is 0 Å². The summed E-state index contributed by atoms with van der Waals surface area (Å²) in [6.07, 6.45) is 5.18. The van der Waals surface area contributed by atoms with Crippen molar-refractivity contribution in [3.05, 3.63) is 0 Å². The Bertz CT molecular complexity index is 306. The first kappa shape index (κ1) is 11.6. The Morgan fingerprint density at radius 2 is 1.53 bits per heavy atom. The van der Waals surface area contributed by atoms with Gasteiger partial charge in [-0.05, 0) is 12.8 Å². The molecule has 0 bridgehead atoms. The van der Waals surface area contributed by atoms with Crippen LogP contribution in [0, 0.1) is 0 Å². The molecule has 0 unspecified atom stereocenters. The van der Waals surface area contributed by atoms with Crippen LogP contribution in [-0.2, 0) is 9.24 Å². The van der Waals surface area contributed by atoms with E-state index < -0.39 is 9.24 Å². The van der Waals surface area contributed by atoms with Crippen molar-refractivity contribution in [3.8, 4) is 0 Å². The molecule has 15 heavy (non-hydrogen) atoms. The van der Waals surface area contributed by atoms with Crippen LogP contribution < -0.4 is 0 Å². The summed E-state index contributed by atoms with van der Waals surface area (Å²) in [5.74, 6) is 0. The van der Waals surface area contributed by atoms with Gasteiger partial charge in [0, 0.05) is 42.9 Å². The van der Waals surface area contributed by atoms with Crippen LogP contribution in [-0.4, -0.2) is 49.8 Å². The summed E-state index contributed by atoms with van der Waals surface area (Å²) in [6.45, 7) is 2.75. The molecule has 1 saturated heterocycles. The van der Waals surface area contributed by atoms with Crippen molar-refractivity contribution in [2.75, 3.05) is 26.2 Å². The monoisotopic (exact) mass is 252 g/mol. The molecule has 1 aliphatic carbocycles. The third-order valence-corrected chi connectivity index (χ3v) is 4.99. The van der Waals surface area contributed by atoms with Crippen molar-refractivity contribution >= 4 is 19.9 Å². The maximum atomic E-state index is 11.1. The Labute approximate surface area is 95.7 Å². The fourth-order valence-corrected chi connectivity index (χ4v) is 3.57. The van der Waals surface area contributed by atoms with Gasteiger partial charge in [-0.2, -0.15) is 12.7 Å². The predicted octanol–water partition coefficient (Wildman–Crippen LogP) is 1.03. The van der Waals surface area contributed by atoms with Gasteiger partial charge in [-0.15, -0.1) is 0 Å². The van der Waals surface area contributed by atoms with Gasteiger partial charge in [0.2, 0.25) is 0 Å². The van der Waals surface area contributed by atoms with E-state index in [9.17, 15) is 8.42 Å². The van der Waals surface area contributed by atoms with Crippen molar-refractivity contribution in [1.82, 2.24) is 9.21 Å². The van der Waals surface area contributed by atoms with E-state index in [0.29, 0.717) is 19.1 Å². The molecule has 0 aromatic rings. The van der Waals surface area contributed by atoms with Gasteiger partial charge in [0.05, 0.1) is 0 Å². The van der Waals surface area contributed by atoms with Crippen molar-refractivity contribution < 1.29 is 8.42 Å². The van der Waals surface area contributed by atoms with Gasteiger partial charge in [0.15, 0.2) is 0 Å². The van der Waals surface area contributed by atoms with Crippen LogP contribution in [0.2, 0.25) is 0 Å². The van der Waals surface area contributed by atoms with E-state index in [1.54, 1.807) is 0 Å². The lowest BCUT2D eigenvalue weighted by Crippen LogP contribution is -2.50. The molecule has 0 radical (unpaired) electrons. The summed E-state index contributed by atoms with van der Waals surface area (Å²) in [6, 6.07) is 0.685. The van der Waals surface area contributed by atoms with Crippen molar-refractivity contribution in [2.24, 2.45) is 0 Å². The molecule has 1 aliphatic heterocycles. The second-order valence-corrected chi connectivity index (χ2v) is 6.83. The van der Waals surface area contributed by atoms with Crippen molar-refractivity contribution in [1.29, 1.82) is 0 Å². The van der Waals surface area contributed by atoms with Crippen LogP contribution in [0.1, 0.15) is 25.7 Å². The summed E-state index contributed by atoms with van der Waals surface area (Å²) in [4.78, 5) is 2.41. The zero-order valence-corrected chi connectivity index (χ0v) is 10.3. The highest BCUT2D eigenvalue weighted by atomic mass is 35.7. The minimum Gasteiger partial charge on any atom is -0.298 e. The fraction of sp³-hybridized carbons (Fsp3) is 1.00. The molecule has 0 N–H and O–H groups in total. The minimum atomic E-state index is -3.49. The zero-order valence-electron chi connectivity index (χ0n) is 8.73. The fourth-order valence-electron chi connectivity index (χ4n) is 2.56. The van der Waals surface area contributed by atoms with E-state index in [1.807, 2.05) is 0 Å². The first-order valence-electron chi connectivity index (χ1n) is 5.51. The Kier molecular flexibility index (Phi) is 3.55. The van der Waals surface area contributed by atoms with Gasteiger partial charge in [-0.1, -0.05) is 12.8 Å². The summed E-state index contributed by atoms with van der Waals surface area (Å²) in [5, 5.41) is 0. The first-order valence-corrected chi connectivity index (χ1v) is 7.78. The molecule has 1 saturated carbocycles. The molecular formula is C9H17ClN2O2S. The standard InChI is InChI=1S/C9H17ClN2O2S/c10-15(13,14)12-7-5-11(6-8-12)9-3-1-2-4-9/h9H,1-8H2. The molecule has 2 rings (SSSR count). The van der Waals surface area contributed by atoms with Gasteiger partial charge in [0.25, 0.3) is 9.24 Å². The van der Waals surface area contributed by atoms with Crippen LogP contribution in [0.3, 0.4) is 0 Å². The minimum absolute atomic E-state index is 0.544. The Morgan fingerprint density at radius 1 is 1.00 bits per heavy atom. The number of nitrogens with zero attached hydrogens (tertiary/aromatic N) is 2. The maximum Gasteiger partial charge on any atom is 0.299 e. The average Bonchev–Trinajstić information content (AvgIpc) is 2.69. The SMILES string of the molecule is O=S(=O)(Cl)N1CCN(C2CCCC2)CC1. The highest BCUT2D eigenvalue weighted by Crippen LogP contribution is 2.24. The van der Waals surface area contributed by atoms with Crippen LogP contribution >= 0.6 is 10.7 Å². The summed E-state index contributed by atoms with van der Waals surface area (Å²) >= 11 is 0. The molecular weight excluding hydrogens is 236 g/mol. The average molecular weight is 253 g/mol. The molecule has 2 fully saturated rings. The highest BCUT2D eigenvalue weighted by Gasteiger charge is 2.29. The Morgan fingerprint density at radius 3 is 2.00 bits per heavy atom. The summed E-state index contributed by atoms with van der Waals surface area (Å²) in [7, 11) is 1.81. The molecule has 6 heteroatoms. The molecule has 0 amide bonds. The van der Waals surface area contributed by atoms with E-state index in [-0.39, 0.29) is 0 Å². The third kappa shape index (κ3) is 2.84. The second kappa shape index (κ2) is 4.57. The van der Waals surface area contributed by atoms with Gasteiger partial charge in [0.1, 0.15) is 0 Å². The molecule has 1 heterocycles. The number of rotatable bonds is 2. The first-order chi connectivity index (χ1) is 7.07. The molecule has 88 valence electrons. The normalized spacial score (nSPS) is 27.3. The van der Waals surface area contributed by atoms with Crippen molar-refractivity contribution in [3.63, 3.8) is 0 Å². The number of hydrogen-bond acceptors (Lipinski definition) is 3. The lowest BCUT2D eigenvalue weighted by Gasteiger charge is -2.36. The lowest BCUT2D eigenvalue weighted by atomic mass is 10.2. The van der Waals surface area contributed by atoms with E-state index in [4.69, 9.17) is 10.7 Å². The smallest absolute Gasteiger partial charge is 0.298 e. The zero-order chi connectivity index (χ0) is 10.9. The Hall–Kier alpha value is 0.160. The van der Waals surface area contributed by atoms with Gasteiger partial charge in [-0.25, -0.2) is 0 Å². The van der Waals surface area contributed by atoms with Crippen molar-refractivity contribution in [2.45, 2.75) is 31.7 Å². The molecule has 0 spiro atoms. The molecule has 0 aromatic heterocycles. The number of halogens is 1. The van der Waals surface area contributed by atoms with Crippen LogP contribution in [0.25, 0.3) is 0 Å². The largest absolute Gasteiger partial charge is 0.299 e. The summed E-state index contributed by atoms with van der Waals surface area (Å²) in [5.41, 5.74) is 0. The summed E-state index contributed by atoms with van der Waals surface area (Å²) < 4.78 is 23.5. The second-order valence-electron chi connectivity index (χ2n) is 4.32. The predicted molar refractivity (Wildman–Crippen MR) is 60.2 cm³/mol. The van der Waals surface area contributed by atoms with Gasteiger partial charge < -0.3 is 0 Å². The highest BCUT2D eigenvalue weighted by molar-refractivity contribution is 8.11. The molecule has 0 aromatic carbocycles. The van der Waals surface area contributed by atoms with Crippen LogP contribution in [0.5, 0.6) is 0 Å². The van der Waals surface area contributed by atoms with Gasteiger partial charge >= 0.3 is 0 Å². The van der Waals surface area contributed by atoms with E-state index >= 15 is 0 Å². The maximum absolute atomic E-state index is 11.1. The van der Waals surface area contributed by atoms with E-state index in [2.05, 4.69) is 4.90 Å². The number of hydrogen-bond donors (Lipinski definition) is 0. The quantitative estimate of drug-likeness (QED) is 0.690. The van der Waals surface area contributed by atoms with E-state index in [1.165, 1.54) is 30.0 Å².